The summed E-state index contributed by atoms with van der Waals surface area (Å²) >= 11 is 0. The van der Waals surface area contributed by atoms with Gasteiger partial charge < -0.3 is 15.5 Å². The molecule has 6 rings (SSSR count). The van der Waals surface area contributed by atoms with Crippen LogP contribution in [0.15, 0.2) is 48.9 Å². The van der Waals surface area contributed by atoms with E-state index in [2.05, 4.69) is 57.5 Å². The summed E-state index contributed by atoms with van der Waals surface area (Å²) < 4.78 is 0. The van der Waals surface area contributed by atoms with Gasteiger partial charge in [-0.25, -0.2) is 15.0 Å². The van der Waals surface area contributed by atoms with Gasteiger partial charge in [0, 0.05) is 55.2 Å². The molecule has 1 saturated heterocycles. The smallest absolute Gasteiger partial charge is 0.162 e. The van der Waals surface area contributed by atoms with E-state index < -0.39 is 0 Å². The minimum atomic E-state index is 0.585. The number of nitrogens with zero attached hydrogens (tertiary/aromatic N) is 5. The maximum atomic E-state index is 5.15. The van der Waals surface area contributed by atoms with Crippen LogP contribution >= 0.6 is 0 Å². The van der Waals surface area contributed by atoms with Gasteiger partial charge in [0.2, 0.25) is 0 Å². The van der Waals surface area contributed by atoms with Crippen molar-refractivity contribution in [3.63, 3.8) is 0 Å². The zero-order valence-corrected chi connectivity index (χ0v) is 19.7. The lowest BCUT2D eigenvalue weighted by molar-refractivity contribution is 0.586. The molecule has 0 amide bonds. The van der Waals surface area contributed by atoms with Crippen LogP contribution in [0, 0.1) is 13.8 Å². The van der Waals surface area contributed by atoms with Gasteiger partial charge in [0.25, 0.3) is 0 Å². The Bertz CT molecular complexity index is 1360. The average molecular weight is 452 g/mol. The molecule has 7 nitrogen and oxygen atoms in total. The molecule has 1 aromatic carbocycles. The van der Waals surface area contributed by atoms with Crippen molar-refractivity contribution in [1.82, 2.24) is 25.3 Å². The normalized spacial score (nSPS) is 16.1. The summed E-state index contributed by atoms with van der Waals surface area (Å²) in [6.07, 6.45) is 8.17. The molecule has 172 valence electrons. The SMILES string of the molecule is Cc1cccc(Nc2cc(-c3nc(N4CCNCC4)c4c(C5CC5)cncc4n3)ccn2)c1C. The second-order valence-electron chi connectivity index (χ2n) is 9.31. The third-order valence-corrected chi connectivity index (χ3v) is 6.94. The molecule has 4 heterocycles. The summed E-state index contributed by atoms with van der Waals surface area (Å²) in [5.74, 6) is 3.11. The van der Waals surface area contributed by atoms with Crippen molar-refractivity contribution in [3.05, 3.63) is 65.6 Å². The summed E-state index contributed by atoms with van der Waals surface area (Å²) in [5.41, 5.74) is 6.69. The molecule has 2 N–H and O–H groups in total. The van der Waals surface area contributed by atoms with Crippen LogP contribution in [0.4, 0.5) is 17.3 Å². The molecule has 4 aromatic rings. The topological polar surface area (TPSA) is 78.9 Å². The molecule has 0 spiro atoms. The van der Waals surface area contributed by atoms with Crippen LogP contribution in [0.25, 0.3) is 22.3 Å². The van der Waals surface area contributed by atoms with Gasteiger partial charge in [-0.2, -0.15) is 0 Å². The number of pyridine rings is 2. The molecule has 2 aliphatic rings. The van der Waals surface area contributed by atoms with Crippen LogP contribution in [-0.2, 0) is 0 Å². The van der Waals surface area contributed by atoms with Crippen LogP contribution in [0.5, 0.6) is 0 Å². The molecule has 0 unspecified atom stereocenters. The largest absolute Gasteiger partial charge is 0.353 e. The van der Waals surface area contributed by atoms with Gasteiger partial charge in [0.1, 0.15) is 11.6 Å². The first-order chi connectivity index (χ1) is 16.7. The van der Waals surface area contributed by atoms with Crippen molar-refractivity contribution in [2.24, 2.45) is 0 Å². The Morgan fingerprint density at radius 2 is 1.88 bits per heavy atom. The number of anilines is 3. The number of aryl methyl sites for hydroxylation is 1. The average Bonchev–Trinajstić information content (AvgIpc) is 3.72. The van der Waals surface area contributed by atoms with Crippen LogP contribution in [0.2, 0.25) is 0 Å². The van der Waals surface area contributed by atoms with Crippen LogP contribution in [-0.4, -0.2) is 46.1 Å². The van der Waals surface area contributed by atoms with Gasteiger partial charge in [-0.3, -0.25) is 4.98 Å². The Labute approximate surface area is 199 Å². The summed E-state index contributed by atoms with van der Waals surface area (Å²) in [5, 5.41) is 8.10. The van der Waals surface area contributed by atoms with Gasteiger partial charge in [-0.05, 0) is 67.5 Å². The summed E-state index contributed by atoms with van der Waals surface area (Å²) in [4.78, 5) is 21.6. The Morgan fingerprint density at radius 3 is 2.71 bits per heavy atom. The lowest BCUT2D eigenvalue weighted by atomic mass is 10.1. The first-order valence-corrected chi connectivity index (χ1v) is 12.1. The molecule has 1 saturated carbocycles. The highest BCUT2D eigenvalue weighted by atomic mass is 15.2. The summed E-state index contributed by atoms with van der Waals surface area (Å²) in [6, 6.07) is 10.3. The van der Waals surface area contributed by atoms with E-state index in [9.17, 15) is 0 Å². The highest BCUT2D eigenvalue weighted by Gasteiger charge is 2.29. The zero-order valence-electron chi connectivity index (χ0n) is 19.7. The molecule has 3 aromatic heterocycles. The zero-order chi connectivity index (χ0) is 23.1. The Hall–Kier alpha value is -3.58. The van der Waals surface area contributed by atoms with Crippen molar-refractivity contribution in [3.8, 4) is 11.4 Å². The molecular weight excluding hydrogens is 422 g/mol. The molecule has 1 aliphatic heterocycles. The Balaban J connectivity index is 1.44. The molecule has 7 heteroatoms. The van der Waals surface area contributed by atoms with E-state index in [4.69, 9.17) is 9.97 Å². The number of aromatic nitrogens is 4. The number of hydrogen-bond donors (Lipinski definition) is 2. The molecular formula is C27H29N7. The minimum absolute atomic E-state index is 0.585. The quantitative estimate of drug-likeness (QED) is 0.454. The Kier molecular flexibility index (Phi) is 5.34. The summed E-state index contributed by atoms with van der Waals surface area (Å²) in [7, 11) is 0. The van der Waals surface area contributed by atoms with Gasteiger partial charge in [0.05, 0.1) is 11.7 Å². The molecule has 0 atom stereocenters. The van der Waals surface area contributed by atoms with Crippen LogP contribution in [0.3, 0.4) is 0 Å². The Morgan fingerprint density at radius 1 is 1.03 bits per heavy atom. The van der Waals surface area contributed by atoms with Crippen molar-refractivity contribution >= 4 is 28.2 Å². The molecule has 0 bridgehead atoms. The van der Waals surface area contributed by atoms with E-state index in [0.29, 0.717) is 11.7 Å². The number of piperazine rings is 1. The second-order valence-corrected chi connectivity index (χ2v) is 9.31. The highest BCUT2D eigenvalue weighted by molar-refractivity contribution is 5.94. The lowest BCUT2D eigenvalue weighted by Crippen LogP contribution is -2.44. The standard InChI is InChI=1S/C27H29N7/c1-17-4-3-5-22(18(17)2)31-24-14-20(8-9-30-24)26-32-23-16-29-15-21(19-6-7-19)25(23)27(33-26)34-12-10-28-11-13-34/h3-5,8-9,14-16,19,28H,6-7,10-13H2,1-2H3,(H,30,31). The fourth-order valence-electron chi connectivity index (χ4n) is 4.69. The molecule has 2 fully saturated rings. The molecule has 34 heavy (non-hydrogen) atoms. The maximum Gasteiger partial charge on any atom is 0.162 e. The van der Waals surface area contributed by atoms with Crippen molar-refractivity contribution in [1.29, 1.82) is 0 Å². The van der Waals surface area contributed by atoms with Crippen molar-refractivity contribution in [2.45, 2.75) is 32.6 Å². The number of rotatable bonds is 5. The fourth-order valence-corrected chi connectivity index (χ4v) is 4.69. The number of hydrogen-bond acceptors (Lipinski definition) is 7. The fraction of sp³-hybridized carbons (Fsp3) is 0.333. The minimum Gasteiger partial charge on any atom is -0.353 e. The molecule has 1 aliphatic carbocycles. The first-order valence-electron chi connectivity index (χ1n) is 12.1. The number of benzene rings is 1. The van der Waals surface area contributed by atoms with Gasteiger partial charge in [-0.1, -0.05) is 12.1 Å². The van der Waals surface area contributed by atoms with E-state index in [1.807, 2.05) is 30.7 Å². The van der Waals surface area contributed by atoms with Gasteiger partial charge in [-0.15, -0.1) is 0 Å². The number of fused-ring (bicyclic) bond motifs is 1. The predicted octanol–water partition coefficient (Wildman–Crippen LogP) is 4.73. The van der Waals surface area contributed by atoms with E-state index in [1.54, 1.807) is 0 Å². The second kappa shape index (κ2) is 8.65. The van der Waals surface area contributed by atoms with Gasteiger partial charge >= 0.3 is 0 Å². The van der Waals surface area contributed by atoms with Crippen molar-refractivity contribution < 1.29 is 0 Å². The van der Waals surface area contributed by atoms with E-state index in [0.717, 1.165) is 54.6 Å². The lowest BCUT2D eigenvalue weighted by Gasteiger charge is -2.30. The van der Waals surface area contributed by atoms with Gasteiger partial charge in [0.15, 0.2) is 5.82 Å². The van der Waals surface area contributed by atoms with E-state index >= 15 is 0 Å². The first kappa shape index (κ1) is 21.0. The third-order valence-electron chi connectivity index (χ3n) is 6.94. The predicted molar refractivity (Wildman–Crippen MR) is 137 cm³/mol. The van der Waals surface area contributed by atoms with Crippen LogP contribution < -0.4 is 15.5 Å². The molecule has 0 radical (unpaired) electrons. The summed E-state index contributed by atoms with van der Waals surface area (Å²) in [6.45, 7) is 8.04. The monoisotopic (exact) mass is 451 g/mol. The number of nitrogens with one attached hydrogen (secondary N) is 2. The highest BCUT2D eigenvalue weighted by Crippen LogP contribution is 2.44. The van der Waals surface area contributed by atoms with E-state index in [-0.39, 0.29) is 0 Å². The maximum absolute atomic E-state index is 5.15. The third kappa shape index (κ3) is 3.96. The van der Waals surface area contributed by atoms with Crippen molar-refractivity contribution in [2.75, 3.05) is 36.4 Å². The van der Waals surface area contributed by atoms with Crippen LogP contribution in [0.1, 0.15) is 35.4 Å². The van der Waals surface area contributed by atoms with E-state index in [1.165, 1.54) is 34.9 Å².